The molecule has 39 heavy (non-hydrogen) atoms. The van der Waals surface area contributed by atoms with Crippen molar-refractivity contribution in [3.63, 3.8) is 0 Å². The van der Waals surface area contributed by atoms with E-state index in [4.69, 9.17) is 4.74 Å². The highest BCUT2D eigenvalue weighted by Gasteiger charge is 2.27. The summed E-state index contributed by atoms with van der Waals surface area (Å²) in [5.74, 6) is 1.24. The number of fused-ring (bicyclic) bond motifs is 1. The third-order valence-corrected chi connectivity index (χ3v) is 9.05. The van der Waals surface area contributed by atoms with E-state index in [-0.39, 0.29) is 11.8 Å². The number of benzene rings is 1. The van der Waals surface area contributed by atoms with Crippen LogP contribution in [0.3, 0.4) is 0 Å². The molecule has 3 aliphatic rings. The van der Waals surface area contributed by atoms with Crippen molar-refractivity contribution in [3.05, 3.63) is 65.5 Å². The molecular weight excluding hydrogens is 488 g/mol. The van der Waals surface area contributed by atoms with Crippen molar-refractivity contribution in [3.8, 4) is 0 Å². The molecule has 2 saturated carbocycles. The van der Waals surface area contributed by atoms with E-state index in [1.165, 1.54) is 24.8 Å². The molecule has 1 N–H and O–H groups in total. The number of carbonyl (C=O) groups excluding carboxylic acids is 2. The lowest BCUT2D eigenvalue weighted by molar-refractivity contribution is 0.0304. The number of aromatic nitrogens is 2. The number of morpholine rings is 1. The van der Waals surface area contributed by atoms with Gasteiger partial charge in [-0.25, -0.2) is 0 Å². The van der Waals surface area contributed by atoms with Gasteiger partial charge in [0.05, 0.1) is 24.3 Å². The lowest BCUT2D eigenvalue weighted by Crippen LogP contribution is -2.40. The van der Waals surface area contributed by atoms with Crippen molar-refractivity contribution < 1.29 is 14.3 Å². The number of nitrogens with one attached hydrogen (secondary N) is 1. The molecule has 3 fully saturated rings. The maximum absolute atomic E-state index is 13.3. The van der Waals surface area contributed by atoms with Crippen molar-refractivity contribution in [2.75, 3.05) is 26.3 Å². The zero-order valence-electron chi connectivity index (χ0n) is 22.8. The fraction of sp³-hybridized carbons (Fsp3) is 0.531. The van der Waals surface area contributed by atoms with Crippen molar-refractivity contribution >= 4 is 22.8 Å². The number of hydrogen-bond donors (Lipinski definition) is 1. The number of amides is 2. The summed E-state index contributed by atoms with van der Waals surface area (Å²) in [6.45, 7) is 3.36. The van der Waals surface area contributed by atoms with Crippen LogP contribution in [0.4, 0.5) is 0 Å². The number of rotatable bonds is 6. The zero-order valence-corrected chi connectivity index (χ0v) is 22.8. The average Bonchev–Trinajstić information content (AvgIpc) is 3.36. The second-order valence-corrected chi connectivity index (χ2v) is 11.6. The van der Waals surface area contributed by atoms with Crippen LogP contribution in [0, 0.1) is 5.92 Å². The summed E-state index contributed by atoms with van der Waals surface area (Å²) in [4.78, 5) is 32.4. The molecule has 0 unspecified atom stereocenters. The standard InChI is InChI=1S/C32H40N4O3/c37-31(34-27-5-2-1-3-6-27)26-14-12-25(13-15-26)24-10-8-23(9-11-24)21-36-22-28(30-29(36)7-4-16-33-30)32(38)35-17-19-39-20-18-35/h4,7,12-16,22-24,27H,1-3,5-6,8-11,17-21H2,(H,34,37). The largest absolute Gasteiger partial charge is 0.378 e. The molecule has 7 nitrogen and oxygen atoms in total. The highest BCUT2D eigenvalue weighted by atomic mass is 16.5. The van der Waals surface area contributed by atoms with Crippen molar-refractivity contribution in [2.45, 2.75) is 76.3 Å². The highest BCUT2D eigenvalue weighted by Crippen LogP contribution is 2.37. The van der Waals surface area contributed by atoms with Gasteiger partial charge >= 0.3 is 0 Å². The Morgan fingerprint density at radius 1 is 0.923 bits per heavy atom. The molecule has 2 aliphatic carbocycles. The molecule has 3 heterocycles. The average molecular weight is 529 g/mol. The fourth-order valence-electron chi connectivity index (χ4n) is 6.75. The van der Waals surface area contributed by atoms with Crippen LogP contribution in [-0.2, 0) is 11.3 Å². The first-order chi connectivity index (χ1) is 19.2. The van der Waals surface area contributed by atoms with Gasteiger partial charge in [0.2, 0.25) is 0 Å². The Bertz CT molecular complexity index is 1280. The Labute approximate surface area is 230 Å². The van der Waals surface area contributed by atoms with Crippen LogP contribution in [0.15, 0.2) is 48.8 Å². The minimum absolute atomic E-state index is 0.0559. The summed E-state index contributed by atoms with van der Waals surface area (Å²) in [6, 6.07) is 12.7. The van der Waals surface area contributed by atoms with Crippen molar-refractivity contribution in [2.24, 2.45) is 5.92 Å². The first kappa shape index (κ1) is 26.1. The third kappa shape index (κ3) is 5.88. The quantitative estimate of drug-likeness (QED) is 0.455. The predicted molar refractivity (Wildman–Crippen MR) is 152 cm³/mol. The Kier molecular flexibility index (Phi) is 7.95. The topological polar surface area (TPSA) is 76.5 Å². The number of pyridine rings is 1. The van der Waals surface area contributed by atoms with Gasteiger partial charge in [-0.15, -0.1) is 0 Å². The first-order valence-corrected chi connectivity index (χ1v) is 14.9. The minimum atomic E-state index is 0.0559. The molecule has 0 spiro atoms. The van der Waals surface area contributed by atoms with Crippen LogP contribution < -0.4 is 5.32 Å². The molecular formula is C32H40N4O3. The Morgan fingerprint density at radius 3 is 2.41 bits per heavy atom. The van der Waals surface area contributed by atoms with Crippen LogP contribution >= 0.6 is 0 Å². The monoisotopic (exact) mass is 528 g/mol. The number of hydrogen-bond acceptors (Lipinski definition) is 4. The summed E-state index contributed by atoms with van der Waals surface area (Å²) in [5.41, 5.74) is 4.66. The Balaban J connectivity index is 1.06. The van der Waals surface area contributed by atoms with Gasteiger partial charge in [0.25, 0.3) is 11.8 Å². The van der Waals surface area contributed by atoms with Gasteiger partial charge in [-0.1, -0.05) is 31.4 Å². The molecule has 0 bridgehead atoms. The van der Waals surface area contributed by atoms with Crippen LogP contribution in [0.2, 0.25) is 0 Å². The smallest absolute Gasteiger partial charge is 0.257 e. The summed E-state index contributed by atoms with van der Waals surface area (Å²) in [7, 11) is 0. The van der Waals surface area contributed by atoms with Crippen LogP contribution in [0.25, 0.3) is 11.0 Å². The maximum Gasteiger partial charge on any atom is 0.257 e. The van der Waals surface area contributed by atoms with E-state index in [9.17, 15) is 9.59 Å². The number of nitrogens with zero attached hydrogens (tertiary/aromatic N) is 3. The van der Waals surface area contributed by atoms with Gasteiger partial charge in [-0.05, 0) is 80.2 Å². The summed E-state index contributed by atoms with van der Waals surface area (Å²) in [5, 5.41) is 3.23. The van der Waals surface area contributed by atoms with Gasteiger partial charge in [0.15, 0.2) is 0 Å². The molecule has 7 heteroatoms. The van der Waals surface area contributed by atoms with Crippen LogP contribution in [0.1, 0.15) is 90.0 Å². The van der Waals surface area contributed by atoms with E-state index in [0.29, 0.717) is 49.7 Å². The molecule has 6 rings (SSSR count). The lowest BCUT2D eigenvalue weighted by Gasteiger charge is -2.29. The zero-order chi connectivity index (χ0) is 26.6. The molecule has 1 aliphatic heterocycles. The fourth-order valence-corrected chi connectivity index (χ4v) is 6.75. The third-order valence-electron chi connectivity index (χ3n) is 9.05. The summed E-state index contributed by atoms with van der Waals surface area (Å²) < 4.78 is 7.68. The Hall–Kier alpha value is -3.19. The number of carbonyl (C=O) groups is 2. The van der Waals surface area contributed by atoms with Gasteiger partial charge < -0.3 is 19.5 Å². The van der Waals surface area contributed by atoms with Gasteiger partial charge in [0.1, 0.15) is 5.52 Å². The molecule has 3 aromatic rings. The summed E-state index contributed by atoms with van der Waals surface area (Å²) in [6.07, 6.45) is 14.3. The molecule has 1 saturated heterocycles. The predicted octanol–water partition coefficient (Wildman–Crippen LogP) is 5.55. The van der Waals surface area contributed by atoms with Crippen molar-refractivity contribution in [1.82, 2.24) is 19.8 Å². The van der Waals surface area contributed by atoms with E-state index in [2.05, 4.69) is 33.1 Å². The molecule has 0 atom stereocenters. The van der Waals surface area contributed by atoms with Gasteiger partial charge in [0, 0.05) is 43.6 Å². The normalized spacial score (nSPS) is 22.6. The second kappa shape index (κ2) is 11.9. The van der Waals surface area contributed by atoms with Crippen LogP contribution in [0.5, 0.6) is 0 Å². The van der Waals surface area contributed by atoms with E-state index in [1.807, 2.05) is 29.3 Å². The SMILES string of the molecule is O=C(NC1CCCCC1)c1ccc(C2CCC(Cn3cc(C(=O)N4CCOCC4)c4ncccc43)CC2)cc1. The van der Waals surface area contributed by atoms with E-state index in [0.717, 1.165) is 61.7 Å². The van der Waals surface area contributed by atoms with Gasteiger partial charge in [-0.3, -0.25) is 14.6 Å². The highest BCUT2D eigenvalue weighted by molar-refractivity contribution is 6.05. The number of ether oxygens (including phenoxy) is 1. The van der Waals surface area contributed by atoms with Crippen molar-refractivity contribution in [1.29, 1.82) is 0 Å². The molecule has 1 aromatic carbocycles. The second-order valence-electron chi connectivity index (χ2n) is 11.6. The van der Waals surface area contributed by atoms with Gasteiger partial charge in [-0.2, -0.15) is 0 Å². The molecule has 2 aromatic heterocycles. The van der Waals surface area contributed by atoms with E-state index in [1.54, 1.807) is 6.20 Å². The molecule has 206 valence electrons. The molecule has 2 amide bonds. The minimum Gasteiger partial charge on any atom is -0.378 e. The first-order valence-electron chi connectivity index (χ1n) is 14.9. The van der Waals surface area contributed by atoms with Crippen LogP contribution in [-0.4, -0.2) is 58.6 Å². The van der Waals surface area contributed by atoms with E-state index < -0.39 is 0 Å². The maximum atomic E-state index is 13.3. The Morgan fingerprint density at radius 2 is 1.67 bits per heavy atom. The molecule has 0 radical (unpaired) electrons. The summed E-state index contributed by atoms with van der Waals surface area (Å²) >= 11 is 0. The van der Waals surface area contributed by atoms with E-state index >= 15 is 0 Å². The lowest BCUT2D eigenvalue weighted by atomic mass is 9.78.